The largest absolute Gasteiger partial charge is 0.462 e. The van der Waals surface area contributed by atoms with Gasteiger partial charge in [0.25, 0.3) is 0 Å². The van der Waals surface area contributed by atoms with Gasteiger partial charge in [-0.3, -0.25) is 9.59 Å². The molecule has 11 unspecified atom stereocenters. The molecule has 56 heavy (non-hydrogen) atoms. The van der Waals surface area contributed by atoms with Crippen LogP contribution in [0.2, 0.25) is 0 Å². The Balaban J connectivity index is 1.81. The van der Waals surface area contributed by atoms with Gasteiger partial charge >= 0.3 is 11.9 Å². The van der Waals surface area contributed by atoms with Crippen LogP contribution in [0.4, 0.5) is 0 Å². The first kappa shape index (κ1) is 50.4. The fourth-order valence-corrected chi connectivity index (χ4v) is 6.62. The molecule has 0 aromatic heterocycles. The van der Waals surface area contributed by atoms with Crippen molar-refractivity contribution < 1.29 is 73.8 Å². The highest BCUT2D eigenvalue weighted by molar-refractivity contribution is 5.70. The van der Waals surface area contributed by atoms with Crippen LogP contribution in [0.3, 0.4) is 0 Å². The van der Waals surface area contributed by atoms with Gasteiger partial charge in [-0.1, -0.05) is 103 Å². The van der Waals surface area contributed by atoms with Gasteiger partial charge in [0.15, 0.2) is 18.7 Å². The topological polar surface area (TPSA) is 231 Å². The summed E-state index contributed by atoms with van der Waals surface area (Å²) in [6.07, 6.45) is 7.67. The molecule has 0 aromatic carbocycles. The van der Waals surface area contributed by atoms with Crippen LogP contribution >= 0.6 is 0 Å². The van der Waals surface area contributed by atoms with Crippen LogP contribution < -0.4 is 0 Å². The van der Waals surface area contributed by atoms with Crippen molar-refractivity contribution in [1.82, 2.24) is 0 Å². The Morgan fingerprint density at radius 3 is 1.59 bits per heavy atom. The van der Waals surface area contributed by atoms with E-state index in [-0.39, 0.29) is 26.1 Å². The number of hydrogen-bond acceptors (Lipinski definition) is 15. The zero-order valence-corrected chi connectivity index (χ0v) is 33.9. The lowest BCUT2D eigenvalue weighted by Gasteiger charge is -2.42. The molecule has 0 spiro atoms. The highest BCUT2D eigenvalue weighted by Crippen LogP contribution is 2.26. The third-order valence-corrected chi connectivity index (χ3v) is 10.2. The van der Waals surface area contributed by atoms with Gasteiger partial charge in [-0.2, -0.15) is 0 Å². The average Bonchev–Trinajstić information content (AvgIpc) is 3.19. The van der Waals surface area contributed by atoms with Crippen molar-refractivity contribution >= 4 is 11.9 Å². The number of carbonyl (C=O) groups excluding carboxylic acids is 2. The van der Waals surface area contributed by atoms with Gasteiger partial charge in [-0.05, 0) is 38.5 Å². The number of carbonyl (C=O) groups is 2. The molecule has 15 heteroatoms. The SMILES string of the molecule is CCCCCCCCC/C=C\CCCCCCCC(=O)OC(COC(=O)CCCCCC)COC1OC(COC2OC(CO)C(O)C(O)C2O)C(O)C(O)C1O. The molecule has 7 N–H and O–H groups in total. The van der Waals surface area contributed by atoms with Crippen LogP contribution in [-0.4, -0.2) is 142 Å². The Hall–Kier alpha value is -1.76. The molecule has 0 saturated carbocycles. The zero-order valence-electron chi connectivity index (χ0n) is 33.9. The third kappa shape index (κ3) is 19.8. The molecule has 0 amide bonds. The number of ether oxygens (including phenoxy) is 6. The quantitative estimate of drug-likeness (QED) is 0.0302. The molecule has 2 aliphatic rings. The van der Waals surface area contributed by atoms with Crippen LogP contribution in [-0.2, 0) is 38.0 Å². The highest BCUT2D eigenvalue weighted by atomic mass is 16.7. The number of esters is 2. The van der Waals surface area contributed by atoms with E-state index < -0.39 is 92.7 Å². The monoisotopic (exact) mass is 807 g/mol. The summed E-state index contributed by atoms with van der Waals surface area (Å²) in [6.45, 7) is 2.41. The van der Waals surface area contributed by atoms with E-state index in [2.05, 4.69) is 26.0 Å². The number of aliphatic hydroxyl groups is 7. The summed E-state index contributed by atoms with van der Waals surface area (Å²) in [4.78, 5) is 25.2. The molecule has 328 valence electrons. The molecule has 2 saturated heterocycles. The molecule has 15 nitrogen and oxygen atoms in total. The molecule has 2 heterocycles. The maximum Gasteiger partial charge on any atom is 0.306 e. The number of allylic oxidation sites excluding steroid dienone is 2. The van der Waals surface area contributed by atoms with Crippen molar-refractivity contribution in [3.63, 3.8) is 0 Å². The second kappa shape index (κ2) is 30.3. The molecule has 2 fully saturated rings. The standard InChI is InChI=1S/C41H74O15/c1-3-5-7-9-10-11-12-13-14-15-16-17-18-19-20-22-24-33(44)54-29(26-51-32(43)23-21-8-6-4-2)27-52-40-39(50)37(48)35(46)31(56-40)28-53-41-38(49)36(47)34(45)30(25-42)55-41/h14-15,29-31,34-42,45-50H,3-13,16-28H2,1-2H3/b15-14-. The van der Waals surface area contributed by atoms with E-state index in [1.807, 2.05) is 0 Å². The summed E-state index contributed by atoms with van der Waals surface area (Å²) in [7, 11) is 0. The third-order valence-electron chi connectivity index (χ3n) is 10.2. The lowest BCUT2D eigenvalue weighted by molar-refractivity contribution is -0.332. The number of hydrogen-bond donors (Lipinski definition) is 7. The van der Waals surface area contributed by atoms with Crippen molar-refractivity contribution in [2.24, 2.45) is 0 Å². The van der Waals surface area contributed by atoms with E-state index in [1.165, 1.54) is 44.9 Å². The van der Waals surface area contributed by atoms with Crippen LogP contribution in [0.5, 0.6) is 0 Å². The summed E-state index contributed by atoms with van der Waals surface area (Å²) >= 11 is 0. The molecule has 0 bridgehead atoms. The Morgan fingerprint density at radius 2 is 1.02 bits per heavy atom. The summed E-state index contributed by atoms with van der Waals surface area (Å²) in [6, 6.07) is 0. The van der Waals surface area contributed by atoms with Gasteiger partial charge in [0.1, 0.15) is 55.4 Å². The van der Waals surface area contributed by atoms with Gasteiger partial charge in [-0.15, -0.1) is 0 Å². The Kier molecular flexibility index (Phi) is 27.3. The van der Waals surface area contributed by atoms with Gasteiger partial charge in [-0.25, -0.2) is 0 Å². The average molecular weight is 807 g/mol. The molecule has 0 radical (unpaired) electrons. The molecular formula is C41H74O15. The van der Waals surface area contributed by atoms with E-state index in [1.54, 1.807) is 0 Å². The van der Waals surface area contributed by atoms with Crippen molar-refractivity contribution in [3.8, 4) is 0 Å². The van der Waals surface area contributed by atoms with Crippen LogP contribution in [0, 0.1) is 0 Å². The summed E-state index contributed by atoms with van der Waals surface area (Å²) in [5.41, 5.74) is 0. The van der Waals surface area contributed by atoms with Crippen LogP contribution in [0.15, 0.2) is 12.2 Å². The molecule has 0 aliphatic carbocycles. The lowest BCUT2D eigenvalue weighted by atomic mass is 9.98. The van der Waals surface area contributed by atoms with E-state index in [0.29, 0.717) is 12.8 Å². The van der Waals surface area contributed by atoms with E-state index in [9.17, 15) is 45.3 Å². The maximum atomic E-state index is 12.8. The van der Waals surface area contributed by atoms with Gasteiger partial charge in [0.2, 0.25) is 0 Å². The summed E-state index contributed by atoms with van der Waals surface area (Å²) < 4.78 is 33.2. The van der Waals surface area contributed by atoms with E-state index in [0.717, 1.165) is 57.8 Å². The van der Waals surface area contributed by atoms with Crippen molar-refractivity contribution in [2.45, 2.75) is 210 Å². The molecular weight excluding hydrogens is 732 g/mol. The molecule has 2 aliphatic heterocycles. The first-order valence-electron chi connectivity index (χ1n) is 21.3. The fourth-order valence-electron chi connectivity index (χ4n) is 6.62. The highest BCUT2D eigenvalue weighted by Gasteiger charge is 2.47. The number of rotatable bonds is 31. The van der Waals surface area contributed by atoms with Crippen LogP contribution in [0.25, 0.3) is 0 Å². The van der Waals surface area contributed by atoms with E-state index in [4.69, 9.17) is 28.4 Å². The molecule has 0 aromatic rings. The number of unbranched alkanes of at least 4 members (excludes halogenated alkanes) is 15. The summed E-state index contributed by atoms with van der Waals surface area (Å²) in [5, 5.41) is 71.5. The minimum absolute atomic E-state index is 0.157. The zero-order chi connectivity index (χ0) is 41.1. The first-order valence-corrected chi connectivity index (χ1v) is 21.3. The smallest absolute Gasteiger partial charge is 0.306 e. The van der Waals surface area contributed by atoms with Gasteiger partial charge < -0.3 is 64.2 Å². The fraction of sp³-hybridized carbons (Fsp3) is 0.902. The van der Waals surface area contributed by atoms with Crippen molar-refractivity contribution in [2.75, 3.05) is 26.4 Å². The first-order chi connectivity index (χ1) is 27.0. The normalized spacial score (nSPS) is 28.7. The Morgan fingerprint density at radius 1 is 0.554 bits per heavy atom. The lowest BCUT2D eigenvalue weighted by Crippen LogP contribution is -2.61. The van der Waals surface area contributed by atoms with Crippen molar-refractivity contribution in [3.05, 3.63) is 12.2 Å². The van der Waals surface area contributed by atoms with Gasteiger partial charge in [0.05, 0.1) is 19.8 Å². The summed E-state index contributed by atoms with van der Waals surface area (Å²) in [5.74, 6) is -0.954. The van der Waals surface area contributed by atoms with Gasteiger partial charge in [0, 0.05) is 12.8 Å². The number of aliphatic hydroxyl groups excluding tert-OH is 7. The Labute approximate surface area is 333 Å². The molecule has 11 atom stereocenters. The maximum absolute atomic E-state index is 12.8. The second-order valence-corrected chi connectivity index (χ2v) is 15.2. The predicted octanol–water partition coefficient (Wildman–Crippen LogP) is 3.48. The molecule has 2 rings (SSSR count). The Bertz CT molecular complexity index is 1040. The minimum atomic E-state index is -1.76. The minimum Gasteiger partial charge on any atom is -0.462 e. The second-order valence-electron chi connectivity index (χ2n) is 15.2. The predicted molar refractivity (Wildman–Crippen MR) is 206 cm³/mol. The van der Waals surface area contributed by atoms with E-state index >= 15 is 0 Å². The van der Waals surface area contributed by atoms with Crippen LogP contribution in [0.1, 0.15) is 142 Å². The van der Waals surface area contributed by atoms with Crippen molar-refractivity contribution in [1.29, 1.82) is 0 Å².